The smallest absolute Gasteiger partial charge is 0.246 e. The van der Waals surface area contributed by atoms with Gasteiger partial charge in [-0.3, -0.25) is 19.3 Å². The Morgan fingerprint density at radius 2 is 1.63 bits per heavy atom. The summed E-state index contributed by atoms with van der Waals surface area (Å²) >= 11 is 1.56. The molecule has 0 bridgehead atoms. The molecule has 2 aliphatic heterocycles. The third-order valence-corrected chi connectivity index (χ3v) is 14.0. The summed E-state index contributed by atoms with van der Waals surface area (Å²) in [6.45, 7) is 14.8. The van der Waals surface area contributed by atoms with Gasteiger partial charge < -0.3 is 39.8 Å². The van der Waals surface area contributed by atoms with Crippen LogP contribution in [0.4, 0.5) is 13.2 Å². The van der Waals surface area contributed by atoms with Crippen molar-refractivity contribution in [2.45, 2.75) is 123 Å². The quantitative estimate of drug-likeness (QED) is 0.0562. The van der Waals surface area contributed by atoms with Crippen molar-refractivity contribution in [3.63, 3.8) is 0 Å². The van der Waals surface area contributed by atoms with Gasteiger partial charge in [0.2, 0.25) is 17.7 Å². The number of carbonyl (C=O) groups is 3. The summed E-state index contributed by atoms with van der Waals surface area (Å²) in [7, 11) is 0. The number of H-pyrrole nitrogens is 1. The fourth-order valence-electron chi connectivity index (χ4n) is 9.50. The molecule has 2 aliphatic rings. The maximum atomic E-state index is 16.0. The van der Waals surface area contributed by atoms with E-state index < -0.39 is 64.7 Å². The fraction of sp³-hybridized carbons (Fsp3) is 0.509. The number of halogens is 3. The van der Waals surface area contributed by atoms with Gasteiger partial charge in [0, 0.05) is 86.1 Å². The number of hydrogen-bond acceptors (Lipinski definition) is 10. The Kier molecular flexibility index (Phi) is 16.8. The predicted octanol–water partition coefficient (Wildman–Crippen LogP) is 8.52. The second kappa shape index (κ2) is 22.4. The second-order valence-corrected chi connectivity index (χ2v) is 21.2. The lowest BCUT2D eigenvalue weighted by Crippen LogP contribution is -2.58. The molecule has 17 heteroatoms. The number of fused-ring (bicyclic) bond motifs is 3. The molecule has 0 spiro atoms. The van der Waals surface area contributed by atoms with Crippen LogP contribution < -0.4 is 15.4 Å². The number of amides is 3. The minimum absolute atomic E-state index is 0.0184. The Morgan fingerprint density at radius 1 is 0.957 bits per heavy atom. The lowest BCUT2D eigenvalue weighted by Gasteiger charge is -2.43. The third kappa shape index (κ3) is 12.6. The van der Waals surface area contributed by atoms with Crippen LogP contribution in [-0.2, 0) is 30.3 Å². The van der Waals surface area contributed by atoms with Gasteiger partial charge >= 0.3 is 0 Å². The standard InChI is InChI=1S/C53H67F3N6O7S/c1-31-23-39-38-13-9-10-14-42(38)59-46(39)47(62(31)29-53(7,8)56)45-40(54)25-37(26-41(45)55)69-22-12-20-67-19-11-21-68-28-44(64)60-49(52(4,5)6)51(66)61-27-36(63)24-43(61)50(65)58-32(2)34-15-17-35(18-16-34)48-33(3)57-30-70-48/h9-10,13-18,25-26,30-32,36,43,47,49,59,63H,11-12,19-24,27-29H2,1-8H3,(H,58,65)(H,60,64)/t31-,32+,36-,43?,47-,49-/m1/s1. The summed E-state index contributed by atoms with van der Waals surface area (Å²) in [4.78, 5) is 52.8. The molecule has 0 radical (unpaired) electrons. The van der Waals surface area contributed by atoms with Crippen LogP contribution in [-0.4, -0.2) is 119 Å². The highest BCUT2D eigenvalue weighted by Crippen LogP contribution is 2.44. The molecule has 3 amide bonds. The molecule has 1 unspecified atom stereocenters. The average Bonchev–Trinajstić information content (AvgIpc) is 4.02. The zero-order valence-corrected chi connectivity index (χ0v) is 42.2. The van der Waals surface area contributed by atoms with Crippen molar-refractivity contribution in [1.29, 1.82) is 0 Å². The van der Waals surface area contributed by atoms with Crippen LogP contribution in [0.25, 0.3) is 21.3 Å². The molecule has 4 heterocycles. The number of rotatable bonds is 20. The van der Waals surface area contributed by atoms with E-state index in [1.807, 2.05) is 95.0 Å². The number of aryl methyl sites for hydroxylation is 1. The maximum absolute atomic E-state index is 16.0. The van der Waals surface area contributed by atoms with Crippen LogP contribution in [0.1, 0.15) is 108 Å². The van der Waals surface area contributed by atoms with Gasteiger partial charge in [0.15, 0.2) is 0 Å². The first-order valence-corrected chi connectivity index (χ1v) is 25.0. The van der Waals surface area contributed by atoms with Crippen LogP contribution in [0.2, 0.25) is 0 Å². The highest BCUT2D eigenvalue weighted by molar-refractivity contribution is 7.13. The zero-order valence-electron chi connectivity index (χ0n) is 41.4. The van der Waals surface area contributed by atoms with Crippen LogP contribution in [0.15, 0.2) is 66.2 Å². The molecule has 4 N–H and O–H groups in total. The van der Waals surface area contributed by atoms with Crippen molar-refractivity contribution < 1.29 is 46.9 Å². The lowest BCUT2D eigenvalue weighted by atomic mass is 9.85. The number of aliphatic hydroxyl groups is 1. The number of nitrogens with one attached hydrogen (secondary N) is 3. The monoisotopic (exact) mass is 988 g/mol. The molecule has 3 aromatic carbocycles. The van der Waals surface area contributed by atoms with Gasteiger partial charge in [0.05, 0.1) is 40.9 Å². The van der Waals surface area contributed by atoms with E-state index in [0.717, 1.165) is 38.2 Å². The van der Waals surface area contributed by atoms with E-state index in [1.165, 1.54) is 30.9 Å². The molecule has 2 aromatic heterocycles. The van der Waals surface area contributed by atoms with E-state index in [1.54, 1.807) is 16.8 Å². The van der Waals surface area contributed by atoms with E-state index in [-0.39, 0.29) is 62.7 Å². The lowest BCUT2D eigenvalue weighted by molar-refractivity contribution is -0.144. The fourth-order valence-corrected chi connectivity index (χ4v) is 10.3. The van der Waals surface area contributed by atoms with Gasteiger partial charge in [0.1, 0.15) is 41.7 Å². The maximum Gasteiger partial charge on any atom is 0.246 e. The van der Waals surface area contributed by atoms with Crippen molar-refractivity contribution >= 4 is 40.0 Å². The molecular weight excluding hydrogens is 922 g/mol. The van der Waals surface area contributed by atoms with Gasteiger partial charge in [-0.1, -0.05) is 63.2 Å². The van der Waals surface area contributed by atoms with Crippen molar-refractivity contribution in [2.75, 3.05) is 46.1 Å². The van der Waals surface area contributed by atoms with E-state index in [9.17, 15) is 19.5 Å². The number of aromatic amines is 1. The summed E-state index contributed by atoms with van der Waals surface area (Å²) in [6.07, 6.45) is 0.682. The second-order valence-electron chi connectivity index (χ2n) is 20.3. The number of thiazole rings is 1. The number of benzene rings is 3. The molecule has 1 saturated heterocycles. The Balaban J connectivity index is 0.833. The molecule has 1 fully saturated rings. The number of ether oxygens (including phenoxy) is 3. The first kappa shape index (κ1) is 52.5. The normalized spacial score (nSPS) is 19.5. The summed E-state index contributed by atoms with van der Waals surface area (Å²) in [5.74, 6) is -2.89. The number of aromatic nitrogens is 2. The van der Waals surface area contributed by atoms with Crippen LogP contribution in [0, 0.1) is 24.0 Å². The number of hydrogen-bond donors (Lipinski definition) is 4. The predicted molar refractivity (Wildman–Crippen MR) is 264 cm³/mol. The number of likely N-dealkylation sites (tertiary alicyclic amines) is 1. The largest absolute Gasteiger partial charge is 0.493 e. The molecule has 7 rings (SSSR count). The van der Waals surface area contributed by atoms with E-state index in [0.29, 0.717) is 38.2 Å². The minimum Gasteiger partial charge on any atom is -0.493 e. The number of carbonyl (C=O) groups excluding carboxylic acids is 3. The topological polar surface area (TPSA) is 158 Å². The summed E-state index contributed by atoms with van der Waals surface area (Å²) < 4.78 is 64.3. The molecule has 6 atom stereocenters. The third-order valence-electron chi connectivity index (χ3n) is 13.0. The molecule has 70 heavy (non-hydrogen) atoms. The van der Waals surface area contributed by atoms with E-state index >= 15 is 13.2 Å². The number of nitrogens with zero attached hydrogens (tertiary/aromatic N) is 3. The van der Waals surface area contributed by atoms with Gasteiger partial charge in [0.25, 0.3) is 0 Å². The van der Waals surface area contributed by atoms with Gasteiger partial charge in [-0.25, -0.2) is 18.2 Å². The first-order valence-electron chi connectivity index (χ1n) is 24.1. The van der Waals surface area contributed by atoms with Gasteiger partial charge in [-0.2, -0.15) is 0 Å². The Labute approximate surface area is 412 Å². The Hall–Kier alpha value is -5.33. The summed E-state index contributed by atoms with van der Waals surface area (Å²) in [5.41, 5.74) is 4.66. The summed E-state index contributed by atoms with van der Waals surface area (Å²) in [5, 5.41) is 17.4. The number of alkyl halides is 1. The van der Waals surface area contributed by atoms with Gasteiger partial charge in [-0.05, 0) is 75.6 Å². The van der Waals surface area contributed by atoms with E-state index in [4.69, 9.17) is 14.2 Å². The van der Waals surface area contributed by atoms with Crippen molar-refractivity contribution in [3.05, 3.63) is 106 Å². The molecule has 0 saturated carbocycles. The van der Waals surface area contributed by atoms with Crippen LogP contribution >= 0.6 is 11.3 Å². The zero-order chi connectivity index (χ0) is 50.5. The molecule has 5 aromatic rings. The van der Waals surface area contributed by atoms with Crippen LogP contribution in [0.3, 0.4) is 0 Å². The highest BCUT2D eigenvalue weighted by atomic mass is 32.1. The average molecular weight is 989 g/mol. The number of β-amino-alcohol motifs (C(OH)–C–C–N with tert-alkyl or cyclic N) is 1. The minimum atomic E-state index is -1.61. The van der Waals surface area contributed by atoms with Gasteiger partial charge in [-0.15, -0.1) is 11.3 Å². The SMILES string of the molecule is Cc1ncsc1-c1ccc([C@H](C)NC(=O)C2C[C@@H](O)CN2C(=O)[C@@H](NC(=O)COCCCOCCCOc2cc(F)c([C@@H]3c4[nH]c5ccccc5c4C[C@@H](C)N3CC(C)(C)F)c(F)c2)C(C)(C)C)cc1. The van der Waals surface area contributed by atoms with E-state index in [2.05, 4.69) is 20.6 Å². The molecule has 378 valence electrons. The van der Waals surface area contributed by atoms with Crippen LogP contribution in [0.5, 0.6) is 5.75 Å². The van der Waals surface area contributed by atoms with Crippen molar-refractivity contribution in [3.8, 4) is 16.2 Å². The molecule has 13 nitrogen and oxygen atoms in total. The molecule has 0 aliphatic carbocycles. The number of aliphatic hydroxyl groups excluding tert-OH is 1. The van der Waals surface area contributed by atoms with Crippen molar-refractivity contribution in [2.24, 2.45) is 5.41 Å². The Morgan fingerprint density at radius 3 is 2.29 bits per heavy atom. The summed E-state index contributed by atoms with van der Waals surface area (Å²) in [6, 6.07) is 14.6. The number of para-hydroxylation sites is 1. The Bertz CT molecular complexity index is 2590. The highest BCUT2D eigenvalue weighted by Gasteiger charge is 2.45. The first-order chi connectivity index (χ1) is 33.2. The van der Waals surface area contributed by atoms with Crippen molar-refractivity contribution in [1.82, 2.24) is 30.4 Å². The molecular formula is C53H67F3N6O7S.